The average molecular weight is 173 g/mol. The summed E-state index contributed by atoms with van der Waals surface area (Å²) in [6.45, 7) is 4.10. The molecule has 0 heterocycles. The topological polar surface area (TPSA) is 55.4 Å². The van der Waals surface area contributed by atoms with E-state index in [-0.39, 0.29) is 11.9 Å². The second-order valence-electron chi connectivity index (χ2n) is 2.40. The molecular weight excluding hydrogens is 158 g/mol. The summed E-state index contributed by atoms with van der Waals surface area (Å²) in [7, 11) is 0. The van der Waals surface area contributed by atoms with Gasteiger partial charge in [-0.15, -0.1) is 0 Å². The van der Waals surface area contributed by atoms with Crippen LogP contribution in [0.3, 0.4) is 0 Å². The van der Waals surface area contributed by atoms with Crippen molar-refractivity contribution >= 4 is 11.9 Å². The van der Waals surface area contributed by atoms with Crippen molar-refractivity contribution in [1.29, 1.82) is 0 Å². The van der Waals surface area contributed by atoms with Crippen molar-refractivity contribution in [1.82, 2.24) is 5.32 Å². The number of hydrogen-bond donors (Lipinski definition) is 1. The fourth-order valence-corrected chi connectivity index (χ4v) is 0.641. The highest BCUT2D eigenvalue weighted by Crippen LogP contribution is 1.82. The summed E-state index contributed by atoms with van der Waals surface area (Å²) in [5.74, 6) is -0.255. The molecule has 0 aromatic heterocycles. The normalized spacial score (nSPS) is 9.17. The first-order valence-corrected chi connectivity index (χ1v) is 4.07. The molecule has 0 aromatic rings. The lowest BCUT2D eigenvalue weighted by molar-refractivity contribution is -0.140. The van der Waals surface area contributed by atoms with Gasteiger partial charge in [-0.05, 0) is 6.42 Å². The van der Waals surface area contributed by atoms with Crippen LogP contribution in [0.25, 0.3) is 0 Å². The zero-order valence-corrected chi connectivity index (χ0v) is 7.55. The highest BCUT2D eigenvalue weighted by molar-refractivity contribution is 5.75. The second kappa shape index (κ2) is 6.64. The molecule has 0 rings (SSSR count). The Morgan fingerprint density at radius 3 is 2.58 bits per heavy atom. The predicted molar refractivity (Wildman–Crippen MR) is 44.6 cm³/mol. The van der Waals surface area contributed by atoms with E-state index in [2.05, 4.69) is 10.1 Å². The summed E-state index contributed by atoms with van der Waals surface area (Å²) in [4.78, 5) is 21.0. The maximum absolute atomic E-state index is 10.7. The smallest absolute Gasteiger partial charge is 0.302 e. The Labute approximate surface area is 72.3 Å². The van der Waals surface area contributed by atoms with Gasteiger partial charge in [-0.3, -0.25) is 9.59 Å². The molecule has 0 spiro atoms. The molecule has 0 bridgehead atoms. The van der Waals surface area contributed by atoms with Crippen LogP contribution in [0.15, 0.2) is 0 Å². The number of amides is 1. The van der Waals surface area contributed by atoms with Crippen LogP contribution < -0.4 is 5.32 Å². The van der Waals surface area contributed by atoms with Crippen molar-refractivity contribution in [3.05, 3.63) is 0 Å². The molecule has 0 saturated carbocycles. The Hall–Kier alpha value is -1.06. The number of nitrogens with one attached hydrogen (secondary N) is 1. The van der Waals surface area contributed by atoms with E-state index in [9.17, 15) is 9.59 Å². The van der Waals surface area contributed by atoms with E-state index >= 15 is 0 Å². The number of hydrogen-bond acceptors (Lipinski definition) is 3. The lowest BCUT2D eigenvalue weighted by Crippen LogP contribution is -2.24. The Morgan fingerprint density at radius 2 is 2.08 bits per heavy atom. The van der Waals surface area contributed by atoms with Crippen molar-refractivity contribution in [3.8, 4) is 0 Å². The van der Waals surface area contributed by atoms with E-state index in [1.54, 1.807) is 6.92 Å². The van der Waals surface area contributed by atoms with Gasteiger partial charge < -0.3 is 10.1 Å². The summed E-state index contributed by atoms with van der Waals surface area (Å²) in [5.41, 5.74) is 0. The van der Waals surface area contributed by atoms with Crippen LogP contribution in [0.4, 0.5) is 0 Å². The quantitative estimate of drug-likeness (QED) is 0.485. The van der Waals surface area contributed by atoms with Crippen molar-refractivity contribution in [3.63, 3.8) is 0 Å². The fraction of sp³-hybridized carbons (Fsp3) is 0.750. The van der Waals surface area contributed by atoms with E-state index in [1.807, 2.05) is 0 Å². The van der Waals surface area contributed by atoms with Crippen LogP contribution in [-0.2, 0) is 14.3 Å². The predicted octanol–water partition coefficient (Wildman–Crippen LogP) is 0.466. The molecule has 0 saturated heterocycles. The number of esters is 1. The third-order valence-corrected chi connectivity index (χ3v) is 1.27. The minimum absolute atomic E-state index is 0.0258. The molecule has 0 aliphatic carbocycles. The van der Waals surface area contributed by atoms with Crippen LogP contribution in [-0.4, -0.2) is 25.0 Å². The first-order valence-electron chi connectivity index (χ1n) is 4.07. The minimum atomic E-state index is -0.281. The van der Waals surface area contributed by atoms with Crippen molar-refractivity contribution in [2.75, 3.05) is 13.2 Å². The van der Waals surface area contributed by atoms with Gasteiger partial charge in [0.15, 0.2) is 0 Å². The zero-order chi connectivity index (χ0) is 9.40. The number of carbonyl (C=O) groups is 2. The van der Waals surface area contributed by atoms with Gasteiger partial charge in [-0.1, -0.05) is 6.92 Å². The lowest BCUT2D eigenvalue weighted by Gasteiger charge is -2.03. The molecule has 1 N–H and O–H groups in total. The maximum atomic E-state index is 10.7. The molecule has 0 atom stereocenters. The Balaban J connectivity index is 3.11. The van der Waals surface area contributed by atoms with Crippen LogP contribution in [0.2, 0.25) is 0 Å². The van der Waals surface area contributed by atoms with Crippen LogP contribution >= 0.6 is 0 Å². The summed E-state index contributed by atoms with van der Waals surface area (Å²) >= 11 is 0. The fourth-order valence-electron chi connectivity index (χ4n) is 0.641. The van der Waals surface area contributed by atoms with Gasteiger partial charge in [0.05, 0.1) is 6.61 Å². The highest BCUT2D eigenvalue weighted by atomic mass is 16.5. The number of ether oxygens (including phenoxy) is 1. The average Bonchev–Trinajstić information content (AvgIpc) is 2.03. The Kier molecular flexibility index (Phi) is 6.05. The largest absolute Gasteiger partial charge is 0.466 e. The molecule has 4 nitrogen and oxygen atoms in total. The number of carbonyl (C=O) groups excluding carboxylic acids is 2. The molecule has 0 fully saturated rings. The minimum Gasteiger partial charge on any atom is -0.466 e. The van der Waals surface area contributed by atoms with Crippen LogP contribution in [0, 0.1) is 0 Å². The monoisotopic (exact) mass is 173 g/mol. The van der Waals surface area contributed by atoms with E-state index in [4.69, 9.17) is 0 Å². The van der Waals surface area contributed by atoms with Crippen molar-refractivity contribution in [2.24, 2.45) is 0 Å². The van der Waals surface area contributed by atoms with Crippen molar-refractivity contribution < 1.29 is 14.3 Å². The van der Waals surface area contributed by atoms with Crippen molar-refractivity contribution in [2.45, 2.75) is 26.7 Å². The lowest BCUT2D eigenvalue weighted by atomic mass is 10.4. The highest BCUT2D eigenvalue weighted by Gasteiger charge is 1.95. The van der Waals surface area contributed by atoms with Gasteiger partial charge in [0, 0.05) is 19.9 Å². The Morgan fingerprint density at radius 1 is 1.42 bits per heavy atom. The molecule has 0 radical (unpaired) electrons. The van der Waals surface area contributed by atoms with Gasteiger partial charge in [-0.25, -0.2) is 0 Å². The van der Waals surface area contributed by atoms with Gasteiger partial charge >= 0.3 is 5.97 Å². The summed E-state index contributed by atoms with van der Waals surface area (Å²) in [6, 6.07) is 0. The molecule has 0 aromatic carbocycles. The molecule has 0 unspecified atom stereocenters. The van der Waals surface area contributed by atoms with E-state index in [0.717, 1.165) is 0 Å². The summed E-state index contributed by atoms with van der Waals surface area (Å²) in [5, 5.41) is 2.68. The third-order valence-electron chi connectivity index (χ3n) is 1.27. The van der Waals surface area contributed by atoms with Crippen LogP contribution in [0.5, 0.6) is 0 Å². The standard InChI is InChI=1S/C8H15NO3/c1-3-8(11)9-5-4-6-12-7(2)10/h3-6H2,1-2H3,(H,9,11). The molecule has 4 heteroatoms. The summed E-state index contributed by atoms with van der Waals surface area (Å²) < 4.78 is 4.67. The molecule has 0 aliphatic rings. The first kappa shape index (κ1) is 10.9. The Bertz CT molecular complexity index is 156. The molecule has 70 valence electrons. The van der Waals surface area contributed by atoms with E-state index in [1.165, 1.54) is 6.92 Å². The van der Waals surface area contributed by atoms with E-state index in [0.29, 0.717) is 26.0 Å². The SMILES string of the molecule is CCC(=O)NCCCOC(C)=O. The summed E-state index contributed by atoms with van der Waals surface area (Å²) in [6.07, 6.45) is 1.17. The van der Waals surface area contributed by atoms with Gasteiger partial charge in [0.1, 0.15) is 0 Å². The second-order valence-corrected chi connectivity index (χ2v) is 2.40. The molecule has 0 aliphatic heterocycles. The zero-order valence-electron chi connectivity index (χ0n) is 7.55. The van der Waals surface area contributed by atoms with Gasteiger partial charge in [-0.2, -0.15) is 0 Å². The molecule has 1 amide bonds. The van der Waals surface area contributed by atoms with E-state index < -0.39 is 0 Å². The molecular formula is C8H15NO3. The van der Waals surface area contributed by atoms with Gasteiger partial charge in [0.2, 0.25) is 5.91 Å². The molecule has 12 heavy (non-hydrogen) atoms. The first-order chi connectivity index (χ1) is 5.66. The third kappa shape index (κ3) is 7.05. The van der Waals surface area contributed by atoms with Gasteiger partial charge in [0.25, 0.3) is 0 Å². The van der Waals surface area contributed by atoms with Crippen LogP contribution in [0.1, 0.15) is 26.7 Å². The number of rotatable bonds is 5. The maximum Gasteiger partial charge on any atom is 0.302 e.